The van der Waals surface area contributed by atoms with Gasteiger partial charge >= 0.3 is 0 Å². The zero-order chi connectivity index (χ0) is 19.9. The Kier molecular flexibility index (Phi) is 6.99. The molecule has 3 rings (SSSR count). The summed E-state index contributed by atoms with van der Waals surface area (Å²) in [6.07, 6.45) is 3.40. The Bertz CT molecular complexity index is 919. The zero-order valence-corrected chi connectivity index (χ0v) is 16.5. The Morgan fingerprint density at radius 1 is 1.21 bits per heavy atom. The summed E-state index contributed by atoms with van der Waals surface area (Å²) in [5.41, 5.74) is 1.41. The quantitative estimate of drug-likeness (QED) is 0.544. The average molecular weight is 421 g/mol. The molecule has 2 heterocycles. The number of hydrogen-bond donors (Lipinski definition) is 1. The fraction of sp³-hybridized carbons (Fsp3) is 0.222. The highest BCUT2D eigenvalue weighted by Crippen LogP contribution is 2.27. The van der Waals surface area contributed by atoms with Crippen LogP contribution in [-0.4, -0.2) is 37.2 Å². The standard InChI is InChI=1S/C18H17F2N5OS2/c1-2-25-16(12-4-3-9-21-10-12)23-24-18(25)27-11-15(26)22-13-5-7-14(8-6-13)28-17(19)20/h3-10,17H,2,11H2,1H3,(H,22,26). The maximum absolute atomic E-state index is 12.3. The van der Waals surface area contributed by atoms with Gasteiger partial charge in [-0.05, 0) is 43.3 Å². The third-order valence-electron chi connectivity index (χ3n) is 3.65. The van der Waals surface area contributed by atoms with E-state index < -0.39 is 5.76 Å². The van der Waals surface area contributed by atoms with Gasteiger partial charge in [-0.2, -0.15) is 8.78 Å². The van der Waals surface area contributed by atoms with Crippen molar-refractivity contribution in [2.24, 2.45) is 0 Å². The van der Waals surface area contributed by atoms with Crippen LogP contribution in [0, 0.1) is 0 Å². The van der Waals surface area contributed by atoms with Crippen molar-refractivity contribution in [2.45, 2.75) is 29.3 Å². The van der Waals surface area contributed by atoms with Crippen molar-refractivity contribution < 1.29 is 13.6 Å². The Balaban J connectivity index is 1.60. The van der Waals surface area contributed by atoms with Crippen molar-refractivity contribution in [3.8, 4) is 11.4 Å². The molecule has 0 saturated heterocycles. The van der Waals surface area contributed by atoms with Crippen LogP contribution in [0.15, 0.2) is 58.8 Å². The summed E-state index contributed by atoms with van der Waals surface area (Å²) in [5.74, 6) is -1.83. The second-order valence-electron chi connectivity index (χ2n) is 5.53. The zero-order valence-electron chi connectivity index (χ0n) is 14.9. The first-order valence-corrected chi connectivity index (χ1v) is 10.2. The summed E-state index contributed by atoms with van der Waals surface area (Å²) in [6, 6.07) is 10.0. The van der Waals surface area contributed by atoms with E-state index in [2.05, 4.69) is 20.5 Å². The topological polar surface area (TPSA) is 72.7 Å². The Hall–Kier alpha value is -2.46. The highest BCUT2D eigenvalue weighted by atomic mass is 32.2. The monoisotopic (exact) mass is 421 g/mol. The SMILES string of the molecule is CCn1c(SCC(=O)Nc2ccc(SC(F)F)cc2)nnc1-c1cccnc1. The number of alkyl halides is 2. The van der Waals surface area contributed by atoms with Crippen molar-refractivity contribution >= 4 is 35.1 Å². The van der Waals surface area contributed by atoms with E-state index in [1.54, 1.807) is 36.7 Å². The molecule has 1 amide bonds. The molecule has 6 nitrogen and oxygen atoms in total. The number of nitrogens with one attached hydrogen (secondary N) is 1. The number of pyridine rings is 1. The molecule has 0 spiro atoms. The van der Waals surface area contributed by atoms with Crippen LogP contribution in [-0.2, 0) is 11.3 Å². The maximum atomic E-state index is 12.3. The number of hydrogen-bond acceptors (Lipinski definition) is 6. The molecule has 1 aromatic carbocycles. The Labute approximate surface area is 169 Å². The van der Waals surface area contributed by atoms with Gasteiger partial charge in [-0.15, -0.1) is 10.2 Å². The smallest absolute Gasteiger partial charge is 0.288 e. The van der Waals surface area contributed by atoms with Crippen LogP contribution in [0.25, 0.3) is 11.4 Å². The Morgan fingerprint density at radius 3 is 2.64 bits per heavy atom. The third kappa shape index (κ3) is 5.29. The van der Waals surface area contributed by atoms with Crippen LogP contribution in [0.3, 0.4) is 0 Å². The number of amides is 1. The molecule has 28 heavy (non-hydrogen) atoms. The van der Waals surface area contributed by atoms with Gasteiger partial charge in [0.05, 0.1) is 5.75 Å². The first-order valence-electron chi connectivity index (χ1n) is 8.38. The molecule has 146 valence electrons. The van der Waals surface area contributed by atoms with Crippen LogP contribution in [0.2, 0.25) is 0 Å². The summed E-state index contributed by atoms with van der Waals surface area (Å²) in [6.45, 7) is 2.64. The molecule has 0 fully saturated rings. The van der Waals surface area contributed by atoms with E-state index in [9.17, 15) is 13.6 Å². The lowest BCUT2D eigenvalue weighted by Gasteiger charge is -2.08. The molecule has 0 saturated carbocycles. The second-order valence-corrected chi connectivity index (χ2v) is 7.54. The molecule has 0 radical (unpaired) electrons. The van der Waals surface area contributed by atoms with Crippen molar-refractivity contribution in [1.82, 2.24) is 19.7 Å². The molecule has 10 heteroatoms. The van der Waals surface area contributed by atoms with Gasteiger partial charge in [0, 0.05) is 35.1 Å². The molecule has 0 unspecified atom stereocenters. The summed E-state index contributed by atoms with van der Waals surface area (Å²) >= 11 is 1.75. The molecule has 0 aliphatic rings. The van der Waals surface area contributed by atoms with Gasteiger partial charge in [0.2, 0.25) is 5.91 Å². The minimum absolute atomic E-state index is 0.151. The molecule has 1 N–H and O–H groups in total. The van der Waals surface area contributed by atoms with Crippen LogP contribution >= 0.6 is 23.5 Å². The van der Waals surface area contributed by atoms with E-state index in [-0.39, 0.29) is 11.7 Å². The second kappa shape index (κ2) is 9.65. The summed E-state index contributed by atoms with van der Waals surface area (Å²) in [5, 5.41) is 11.8. The summed E-state index contributed by atoms with van der Waals surface area (Å²) < 4.78 is 26.6. The van der Waals surface area contributed by atoms with Crippen LogP contribution in [0.4, 0.5) is 14.5 Å². The van der Waals surface area contributed by atoms with E-state index >= 15 is 0 Å². The molecular weight excluding hydrogens is 404 g/mol. The normalized spacial score (nSPS) is 11.0. The summed E-state index contributed by atoms with van der Waals surface area (Å²) in [7, 11) is 0. The predicted molar refractivity (Wildman–Crippen MR) is 107 cm³/mol. The minimum atomic E-state index is -2.47. The third-order valence-corrected chi connectivity index (χ3v) is 5.34. The number of carbonyl (C=O) groups excluding carboxylic acids is 1. The van der Waals surface area contributed by atoms with E-state index in [1.165, 1.54) is 11.8 Å². The molecule has 0 aliphatic carbocycles. The largest absolute Gasteiger partial charge is 0.325 e. The van der Waals surface area contributed by atoms with E-state index in [0.29, 0.717) is 39.9 Å². The lowest BCUT2D eigenvalue weighted by Crippen LogP contribution is -2.14. The van der Waals surface area contributed by atoms with Gasteiger partial charge in [0.15, 0.2) is 11.0 Å². The van der Waals surface area contributed by atoms with Crippen molar-refractivity contribution in [1.29, 1.82) is 0 Å². The van der Waals surface area contributed by atoms with Gasteiger partial charge < -0.3 is 9.88 Å². The van der Waals surface area contributed by atoms with Crippen molar-refractivity contribution in [3.05, 3.63) is 48.8 Å². The molecule has 0 atom stereocenters. The fourth-order valence-electron chi connectivity index (χ4n) is 2.44. The van der Waals surface area contributed by atoms with Gasteiger partial charge in [-0.25, -0.2) is 0 Å². The predicted octanol–water partition coefficient (Wildman–Crippen LogP) is 4.41. The fourth-order valence-corrected chi connectivity index (χ4v) is 3.74. The molecule has 0 aliphatic heterocycles. The number of nitrogens with zero attached hydrogens (tertiary/aromatic N) is 4. The highest BCUT2D eigenvalue weighted by Gasteiger charge is 2.15. The molecule has 0 bridgehead atoms. The van der Waals surface area contributed by atoms with Crippen LogP contribution in [0.1, 0.15) is 6.92 Å². The molecule has 3 aromatic rings. The number of thioether (sulfide) groups is 2. The first-order chi connectivity index (χ1) is 13.6. The van der Waals surface area contributed by atoms with Gasteiger partial charge in [0.1, 0.15) is 0 Å². The number of rotatable bonds is 8. The number of halogens is 2. The maximum Gasteiger partial charge on any atom is 0.288 e. The van der Waals surface area contributed by atoms with Crippen LogP contribution < -0.4 is 5.32 Å². The van der Waals surface area contributed by atoms with Crippen molar-refractivity contribution in [3.63, 3.8) is 0 Å². The average Bonchev–Trinajstić information content (AvgIpc) is 3.11. The van der Waals surface area contributed by atoms with Gasteiger partial charge in [-0.3, -0.25) is 9.78 Å². The van der Waals surface area contributed by atoms with E-state index in [0.717, 1.165) is 5.56 Å². The Morgan fingerprint density at radius 2 is 2.00 bits per heavy atom. The number of aromatic nitrogens is 4. The van der Waals surface area contributed by atoms with Crippen LogP contribution in [0.5, 0.6) is 0 Å². The van der Waals surface area contributed by atoms with Gasteiger partial charge in [0.25, 0.3) is 5.76 Å². The first kappa shape index (κ1) is 20.3. The minimum Gasteiger partial charge on any atom is -0.325 e. The van der Waals surface area contributed by atoms with E-state index in [4.69, 9.17) is 0 Å². The van der Waals surface area contributed by atoms with Crippen molar-refractivity contribution in [2.75, 3.05) is 11.1 Å². The highest BCUT2D eigenvalue weighted by molar-refractivity contribution is 8.00. The van der Waals surface area contributed by atoms with E-state index in [1.807, 2.05) is 23.6 Å². The number of carbonyl (C=O) groups is 1. The summed E-state index contributed by atoms with van der Waals surface area (Å²) in [4.78, 5) is 16.7. The van der Waals surface area contributed by atoms with Gasteiger partial charge in [-0.1, -0.05) is 23.5 Å². The molecular formula is C18H17F2N5OS2. The number of benzene rings is 1. The number of anilines is 1. The lowest BCUT2D eigenvalue weighted by molar-refractivity contribution is -0.113. The lowest BCUT2D eigenvalue weighted by atomic mass is 10.3. The molecule has 2 aromatic heterocycles.